The van der Waals surface area contributed by atoms with Crippen molar-refractivity contribution in [3.05, 3.63) is 86.5 Å². The molecule has 0 bridgehead atoms. The minimum absolute atomic E-state index is 0.00698. The van der Waals surface area contributed by atoms with E-state index in [1.807, 2.05) is 38.1 Å². The number of nitrogens with one attached hydrogen (secondary N) is 2. The van der Waals surface area contributed by atoms with Crippen LogP contribution in [0.5, 0.6) is 0 Å². The summed E-state index contributed by atoms with van der Waals surface area (Å²) < 4.78 is 14.8. The van der Waals surface area contributed by atoms with Crippen LogP contribution in [0.4, 0.5) is 4.39 Å². The normalized spacial score (nSPS) is 11.1. The maximum absolute atomic E-state index is 13.3. The lowest BCUT2D eigenvalue weighted by atomic mass is 10.2. The van der Waals surface area contributed by atoms with Gasteiger partial charge in [0.2, 0.25) is 5.91 Å². The van der Waals surface area contributed by atoms with E-state index in [0.717, 1.165) is 11.3 Å². The van der Waals surface area contributed by atoms with Gasteiger partial charge in [-0.15, -0.1) is 0 Å². The maximum Gasteiger partial charge on any atom is 0.283 e. The van der Waals surface area contributed by atoms with Crippen molar-refractivity contribution in [1.29, 1.82) is 0 Å². The standard InChI is InChI=1S/C23H20ClFN4O2S/c1-13-3-6-16(7-4-13)29-22(31)21-19(9-14(2)27-21)28-23(29)32-12-20(30)26-11-15-5-8-18(25)17(24)10-15/h3-10,27H,11-12H2,1-2H3,(H,26,30). The fraction of sp³-hybridized carbons (Fsp3) is 0.174. The van der Waals surface area contributed by atoms with Crippen LogP contribution in [0.2, 0.25) is 5.02 Å². The monoisotopic (exact) mass is 470 g/mol. The highest BCUT2D eigenvalue weighted by molar-refractivity contribution is 7.99. The van der Waals surface area contributed by atoms with Crippen molar-refractivity contribution in [1.82, 2.24) is 19.9 Å². The van der Waals surface area contributed by atoms with Crippen LogP contribution < -0.4 is 10.9 Å². The summed E-state index contributed by atoms with van der Waals surface area (Å²) in [5.74, 6) is -0.694. The average molecular weight is 471 g/mol. The van der Waals surface area contributed by atoms with Crippen LogP contribution >= 0.6 is 23.4 Å². The second kappa shape index (κ2) is 9.18. The summed E-state index contributed by atoms with van der Waals surface area (Å²) in [6.07, 6.45) is 0. The van der Waals surface area contributed by atoms with Crippen molar-refractivity contribution >= 4 is 40.3 Å². The smallest absolute Gasteiger partial charge is 0.283 e. The predicted octanol–water partition coefficient (Wildman–Crippen LogP) is 4.53. The molecule has 2 aromatic carbocycles. The first-order chi connectivity index (χ1) is 15.3. The van der Waals surface area contributed by atoms with E-state index in [1.54, 1.807) is 12.1 Å². The summed E-state index contributed by atoms with van der Waals surface area (Å²) in [5, 5.41) is 3.20. The van der Waals surface area contributed by atoms with Crippen molar-refractivity contribution in [3.8, 4) is 5.69 Å². The molecule has 32 heavy (non-hydrogen) atoms. The molecule has 0 aliphatic heterocycles. The molecule has 2 aromatic heterocycles. The Balaban J connectivity index is 1.56. The van der Waals surface area contributed by atoms with Crippen molar-refractivity contribution < 1.29 is 9.18 Å². The number of carbonyl (C=O) groups excluding carboxylic acids is 1. The van der Waals surface area contributed by atoms with Crippen LogP contribution in [0.15, 0.2) is 58.5 Å². The molecule has 9 heteroatoms. The van der Waals surface area contributed by atoms with E-state index in [9.17, 15) is 14.0 Å². The van der Waals surface area contributed by atoms with Gasteiger partial charge in [-0.05, 0) is 49.7 Å². The summed E-state index contributed by atoms with van der Waals surface area (Å²) in [6.45, 7) is 4.05. The Bertz CT molecular complexity index is 1370. The molecule has 1 amide bonds. The predicted molar refractivity (Wildman–Crippen MR) is 125 cm³/mol. The van der Waals surface area contributed by atoms with Crippen molar-refractivity contribution in [2.75, 3.05) is 5.75 Å². The minimum atomic E-state index is -0.507. The third kappa shape index (κ3) is 4.71. The molecular formula is C23H20ClFN4O2S. The first kappa shape index (κ1) is 22.1. The third-order valence-corrected chi connectivity index (χ3v) is 6.08. The van der Waals surface area contributed by atoms with Gasteiger partial charge in [0, 0.05) is 12.2 Å². The molecule has 4 aromatic rings. The van der Waals surface area contributed by atoms with Gasteiger partial charge in [-0.25, -0.2) is 9.37 Å². The lowest BCUT2D eigenvalue weighted by molar-refractivity contribution is -0.118. The Kier molecular flexibility index (Phi) is 6.34. The Morgan fingerprint density at radius 2 is 1.94 bits per heavy atom. The fourth-order valence-electron chi connectivity index (χ4n) is 3.23. The summed E-state index contributed by atoms with van der Waals surface area (Å²) in [7, 11) is 0. The molecule has 0 spiro atoms. The topological polar surface area (TPSA) is 79.8 Å². The molecule has 4 rings (SSSR count). The number of thioether (sulfide) groups is 1. The number of halogens is 2. The molecule has 0 saturated carbocycles. The molecule has 6 nitrogen and oxygen atoms in total. The number of aromatic amines is 1. The number of hydrogen-bond donors (Lipinski definition) is 2. The van der Waals surface area contributed by atoms with Crippen LogP contribution in [0.3, 0.4) is 0 Å². The van der Waals surface area contributed by atoms with E-state index in [-0.39, 0.29) is 28.8 Å². The summed E-state index contributed by atoms with van der Waals surface area (Å²) in [4.78, 5) is 33.3. The highest BCUT2D eigenvalue weighted by Crippen LogP contribution is 2.22. The minimum Gasteiger partial charge on any atom is -0.353 e. The Morgan fingerprint density at radius 3 is 2.66 bits per heavy atom. The van der Waals surface area contributed by atoms with Crippen LogP contribution in [-0.4, -0.2) is 26.2 Å². The highest BCUT2D eigenvalue weighted by atomic mass is 35.5. The van der Waals surface area contributed by atoms with E-state index < -0.39 is 5.82 Å². The second-order valence-electron chi connectivity index (χ2n) is 7.40. The number of amides is 1. The number of fused-ring (bicyclic) bond motifs is 1. The first-order valence-electron chi connectivity index (χ1n) is 9.84. The number of H-pyrrole nitrogens is 1. The number of rotatable bonds is 6. The molecule has 0 saturated heterocycles. The number of hydrogen-bond acceptors (Lipinski definition) is 4. The SMILES string of the molecule is Cc1ccc(-n2c(SCC(=O)NCc3ccc(F)c(Cl)c3)nc3cc(C)[nH]c3c2=O)cc1. The van der Waals surface area contributed by atoms with Gasteiger partial charge in [-0.3, -0.25) is 14.2 Å². The fourth-order valence-corrected chi connectivity index (χ4v) is 4.27. The Morgan fingerprint density at radius 1 is 1.19 bits per heavy atom. The van der Waals surface area contributed by atoms with E-state index in [1.165, 1.54) is 28.5 Å². The molecule has 0 aliphatic rings. The Labute approximate surface area is 192 Å². The number of aromatic nitrogens is 3. The maximum atomic E-state index is 13.3. The van der Waals surface area contributed by atoms with Crippen LogP contribution in [0.25, 0.3) is 16.7 Å². The van der Waals surface area contributed by atoms with Gasteiger partial charge in [-0.2, -0.15) is 0 Å². The third-order valence-electron chi connectivity index (χ3n) is 4.85. The number of benzene rings is 2. The molecule has 0 radical (unpaired) electrons. The summed E-state index contributed by atoms with van der Waals surface area (Å²) in [6, 6.07) is 13.6. The lowest BCUT2D eigenvalue weighted by Gasteiger charge is -2.12. The zero-order valence-electron chi connectivity index (χ0n) is 17.4. The quantitative estimate of drug-likeness (QED) is 0.320. The van der Waals surface area contributed by atoms with Gasteiger partial charge >= 0.3 is 0 Å². The zero-order chi connectivity index (χ0) is 22.8. The molecule has 2 heterocycles. The summed E-state index contributed by atoms with van der Waals surface area (Å²) >= 11 is 6.96. The van der Waals surface area contributed by atoms with Crippen LogP contribution in [0.1, 0.15) is 16.8 Å². The van der Waals surface area contributed by atoms with E-state index >= 15 is 0 Å². The molecule has 0 aliphatic carbocycles. The molecule has 164 valence electrons. The van der Waals surface area contributed by atoms with Crippen LogP contribution in [-0.2, 0) is 11.3 Å². The van der Waals surface area contributed by atoms with Crippen molar-refractivity contribution in [2.45, 2.75) is 25.5 Å². The van der Waals surface area contributed by atoms with Gasteiger partial charge in [0.25, 0.3) is 5.56 Å². The van der Waals surface area contributed by atoms with Gasteiger partial charge in [-0.1, -0.05) is 47.1 Å². The number of nitrogens with zero attached hydrogens (tertiary/aromatic N) is 2. The van der Waals surface area contributed by atoms with Gasteiger partial charge in [0.15, 0.2) is 5.16 Å². The molecule has 0 unspecified atom stereocenters. The van der Waals surface area contributed by atoms with Gasteiger partial charge in [0.05, 0.1) is 22.0 Å². The molecule has 2 N–H and O–H groups in total. The van der Waals surface area contributed by atoms with Crippen molar-refractivity contribution in [2.24, 2.45) is 0 Å². The zero-order valence-corrected chi connectivity index (χ0v) is 19.0. The van der Waals surface area contributed by atoms with Gasteiger partial charge in [0.1, 0.15) is 11.3 Å². The average Bonchev–Trinajstić information content (AvgIpc) is 3.14. The van der Waals surface area contributed by atoms with E-state index in [4.69, 9.17) is 11.6 Å². The largest absolute Gasteiger partial charge is 0.353 e. The molecular weight excluding hydrogens is 451 g/mol. The first-order valence-corrected chi connectivity index (χ1v) is 11.2. The highest BCUT2D eigenvalue weighted by Gasteiger charge is 2.16. The van der Waals surface area contributed by atoms with E-state index in [2.05, 4.69) is 15.3 Å². The van der Waals surface area contributed by atoms with Gasteiger partial charge < -0.3 is 10.3 Å². The van der Waals surface area contributed by atoms with Crippen LogP contribution in [0, 0.1) is 19.7 Å². The summed E-state index contributed by atoms with van der Waals surface area (Å²) in [5.41, 5.74) is 4.01. The Hall–Kier alpha value is -3.10. The van der Waals surface area contributed by atoms with E-state index in [0.29, 0.717) is 27.4 Å². The number of aryl methyl sites for hydroxylation is 2. The molecule has 0 atom stereocenters. The lowest BCUT2D eigenvalue weighted by Crippen LogP contribution is -2.26. The molecule has 0 fully saturated rings. The second-order valence-corrected chi connectivity index (χ2v) is 8.75. The van der Waals surface area contributed by atoms with Crippen molar-refractivity contribution in [3.63, 3.8) is 0 Å². The number of carbonyl (C=O) groups is 1.